The molecule has 4 rings (SSSR count). The molecular formula is C26H34N2O. The SMILES string of the molecule is Cc1cccc(C)c1N=C(C1CCCN1Cc1ccccc1)C1(O)CCCCC1. The molecule has 0 aromatic heterocycles. The monoisotopic (exact) mass is 390 g/mol. The van der Waals surface area contributed by atoms with Gasteiger partial charge in [0.2, 0.25) is 0 Å². The first-order chi connectivity index (χ1) is 14.1. The molecule has 29 heavy (non-hydrogen) atoms. The summed E-state index contributed by atoms with van der Waals surface area (Å²) in [6.07, 6.45) is 7.33. The molecule has 2 aromatic carbocycles. The topological polar surface area (TPSA) is 35.8 Å². The number of likely N-dealkylation sites (tertiary alicyclic amines) is 1. The second-order valence-electron chi connectivity index (χ2n) is 8.94. The third kappa shape index (κ3) is 4.46. The summed E-state index contributed by atoms with van der Waals surface area (Å²) < 4.78 is 0. The maximum atomic E-state index is 11.8. The maximum absolute atomic E-state index is 11.8. The highest BCUT2D eigenvalue weighted by Crippen LogP contribution is 2.37. The van der Waals surface area contributed by atoms with E-state index in [0.717, 1.165) is 56.6 Å². The van der Waals surface area contributed by atoms with Gasteiger partial charge < -0.3 is 5.11 Å². The Hall–Kier alpha value is -1.97. The van der Waals surface area contributed by atoms with Crippen molar-refractivity contribution >= 4 is 11.4 Å². The van der Waals surface area contributed by atoms with Crippen LogP contribution in [0.25, 0.3) is 0 Å². The maximum Gasteiger partial charge on any atom is 0.104 e. The minimum Gasteiger partial charge on any atom is -0.384 e. The first-order valence-corrected chi connectivity index (χ1v) is 11.2. The van der Waals surface area contributed by atoms with Crippen molar-refractivity contribution in [1.82, 2.24) is 4.90 Å². The second-order valence-corrected chi connectivity index (χ2v) is 8.94. The number of aryl methyl sites for hydroxylation is 2. The predicted molar refractivity (Wildman–Crippen MR) is 121 cm³/mol. The van der Waals surface area contributed by atoms with Crippen molar-refractivity contribution in [3.8, 4) is 0 Å². The summed E-state index contributed by atoms with van der Waals surface area (Å²) >= 11 is 0. The Bertz CT molecular complexity index is 832. The molecule has 0 bridgehead atoms. The van der Waals surface area contributed by atoms with E-state index >= 15 is 0 Å². The minimum atomic E-state index is -0.767. The molecular weight excluding hydrogens is 356 g/mol. The van der Waals surface area contributed by atoms with E-state index < -0.39 is 5.60 Å². The normalized spacial score (nSPS) is 22.7. The van der Waals surface area contributed by atoms with E-state index in [1.807, 2.05) is 0 Å². The highest BCUT2D eigenvalue weighted by molar-refractivity contribution is 5.99. The van der Waals surface area contributed by atoms with Crippen LogP contribution in [-0.2, 0) is 6.54 Å². The van der Waals surface area contributed by atoms with E-state index in [9.17, 15) is 5.11 Å². The fourth-order valence-electron chi connectivity index (χ4n) is 5.13. The molecule has 1 saturated heterocycles. The highest BCUT2D eigenvalue weighted by atomic mass is 16.3. The molecule has 1 aliphatic carbocycles. The van der Waals surface area contributed by atoms with Gasteiger partial charge in [-0.1, -0.05) is 67.8 Å². The Labute approximate surface area is 175 Å². The van der Waals surface area contributed by atoms with Gasteiger partial charge >= 0.3 is 0 Å². The van der Waals surface area contributed by atoms with Crippen molar-refractivity contribution in [1.29, 1.82) is 0 Å². The molecule has 2 aromatic rings. The molecule has 154 valence electrons. The van der Waals surface area contributed by atoms with Gasteiger partial charge in [-0.15, -0.1) is 0 Å². The molecule has 2 fully saturated rings. The number of hydrogen-bond acceptors (Lipinski definition) is 3. The van der Waals surface area contributed by atoms with E-state index in [-0.39, 0.29) is 6.04 Å². The van der Waals surface area contributed by atoms with Gasteiger partial charge in [0.25, 0.3) is 0 Å². The average molecular weight is 391 g/mol. The zero-order valence-electron chi connectivity index (χ0n) is 17.9. The quantitative estimate of drug-likeness (QED) is 0.661. The lowest BCUT2D eigenvalue weighted by atomic mass is 9.78. The molecule has 1 atom stereocenters. The van der Waals surface area contributed by atoms with Crippen molar-refractivity contribution in [2.45, 2.75) is 77.0 Å². The van der Waals surface area contributed by atoms with Crippen LogP contribution in [0.4, 0.5) is 5.69 Å². The minimum absolute atomic E-state index is 0.220. The summed E-state index contributed by atoms with van der Waals surface area (Å²) in [6.45, 7) is 6.25. The molecule has 3 heteroatoms. The van der Waals surface area contributed by atoms with Crippen LogP contribution in [0.2, 0.25) is 0 Å². The number of aliphatic hydroxyl groups is 1. The van der Waals surface area contributed by atoms with Crippen LogP contribution in [0.5, 0.6) is 0 Å². The summed E-state index contributed by atoms with van der Waals surface area (Å²) in [5.74, 6) is 0. The van der Waals surface area contributed by atoms with Crippen molar-refractivity contribution in [3.63, 3.8) is 0 Å². The number of nitrogens with zero attached hydrogens (tertiary/aromatic N) is 2. The number of benzene rings is 2. The van der Waals surface area contributed by atoms with Crippen LogP contribution in [0.3, 0.4) is 0 Å². The van der Waals surface area contributed by atoms with Gasteiger partial charge in [0.15, 0.2) is 0 Å². The molecule has 0 spiro atoms. The first kappa shape index (κ1) is 20.3. The van der Waals surface area contributed by atoms with Crippen LogP contribution in [0.15, 0.2) is 53.5 Å². The van der Waals surface area contributed by atoms with Gasteiger partial charge in [-0.3, -0.25) is 9.89 Å². The number of para-hydroxylation sites is 1. The lowest BCUT2D eigenvalue weighted by molar-refractivity contribution is 0.0633. The fraction of sp³-hybridized carbons (Fsp3) is 0.500. The van der Waals surface area contributed by atoms with Crippen LogP contribution in [-0.4, -0.2) is 33.9 Å². The van der Waals surface area contributed by atoms with Crippen molar-refractivity contribution < 1.29 is 5.11 Å². The third-order valence-corrected chi connectivity index (χ3v) is 6.74. The molecule has 1 unspecified atom stereocenters. The van der Waals surface area contributed by atoms with E-state index in [1.165, 1.54) is 29.5 Å². The Morgan fingerprint density at radius 3 is 2.34 bits per heavy atom. The van der Waals surface area contributed by atoms with E-state index in [4.69, 9.17) is 4.99 Å². The van der Waals surface area contributed by atoms with Gasteiger partial charge in [0, 0.05) is 6.54 Å². The summed E-state index contributed by atoms with van der Waals surface area (Å²) in [5, 5.41) is 11.8. The molecule has 2 aliphatic rings. The molecule has 1 saturated carbocycles. The van der Waals surface area contributed by atoms with Gasteiger partial charge in [0.05, 0.1) is 17.4 Å². The van der Waals surface area contributed by atoms with Gasteiger partial charge in [-0.05, 0) is 62.8 Å². The molecule has 1 aliphatic heterocycles. The van der Waals surface area contributed by atoms with E-state index in [0.29, 0.717) is 0 Å². The smallest absolute Gasteiger partial charge is 0.104 e. The Balaban J connectivity index is 1.72. The van der Waals surface area contributed by atoms with Crippen LogP contribution < -0.4 is 0 Å². The summed E-state index contributed by atoms with van der Waals surface area (Å²) in [7, 11) is 0. The summed E-state index contributed by atoms with van der Waals surface area (Å²) in [6, 6.07) is 17.3. The Morgan fingerprint density at radius 1 is 0.966 bits per heavy atom. The fourth-order valence-corrected chi connectivity index (χ4v) is 5.13. The molecule has 3 nitrogen and oxygen atoms in total. The zero-order chi connectivity index (χ0) is 20.3. The van der Waals surface area contributed by atoms with Gasteiger partial charge in [0.1, 0.15) is 5.60 Å². The zero-order valence-corrected chi connectivity index (χ0v) is 17.9. The molecule has 1 N–H and O–H groups in total. The summed E-state index contributed by atoms with van der Waals surface area (Å²) in [5.41, 5.74) is 5.01. The molecule has 1 heterocycles. The number of hydrogen-bond donors (Lipinski definition) is 1. The average Bonchev–Trinajstić information content (AvgIpc) is 3.16. The Morgan fingerprint density at radius 2 is 1.66 bits per heavy atom. The predicted octanol–water partition coefficient (Wildman–Crippen LogP) is 5.74. The molecule has 0 radical (unpaired) electrons. The largest absolute Gasteiger partial charge is 0.384 e. The number of rotatable bonds is 5. The van der Waals surface area contributed by atoms with Crippen molar-refractivity contribution in [2.75, 3.05) is 6.54 Å². The van der Waals surface area contributed by atoms with E-state index in [1.54, 1.807) is 0 Å². The van der Waals surface area contributed by atoms with Crippen LogP contribution >= 0.6 is 0 Å². The molecule has 0 amide bonds. The highest BCUT2D eigenvalue weighted by Gasteiger charge is 2.42. The first-order valence-electron chi connectivity index (χ1n) is 11.2. The van der Waals surface area contributed by atoms with Gasteiger partial charge in [-0.2, -0.15) is 0 Å². The lowest BCUT2D eigenvalue weighted by Crippen LogP contribution is -2.50. The lowest BCUT2D eigenvalue weighted by Gasteiger charge is -2.39. The number of aliphatic imine (C=N–C) groups is 1. The van der Waals surface area contributed by atoms with Crippen LogP contribution in [0, 0.1) is 13.8 Å². The standard InChI is InChI=1S/C26H34N2O/c1-20-11-9-12-21(2)24(20)27-25(26(29)16-7-4-8-17-26)23-15-10-18-28(23)19-22-13-5-3-6-14-22/h3,5-6,9,11-14,23,29H,4,7-8,10,15-19H2,1-2H3. The summed E-state index contributed by atoms with van der Waals surface area (Å²) in [4.78, 5) is 7.79. The van der Waals surface area contributed by atoms with Crippen molar-refractivity contribution in [2.24, 2.45) is 4.99 Å². The van der Waals surface area contributed by atoms with E-state index in [2.05, 4.69) is 67.3 Å². The Kier molecular flexibility index (Phi) is 6.17. The van der Waals surface area contributed by atoms with Crippen molar-refractivity contribution in [3.05, 3.63) is 65.2 Å². The van der Waals surface area contributed by atoms with Gasteiger partial charge in [-0.25, -0.2) is 0 Å². The third-order valence-electron chi connectivity index (χ3n) is 6.74. The second kappa shape index (κ2) is 8.81. The van der Waals surface area contributed by atoms with Crippen LogP contribution in [0.1, 0.15) is 61.6 Å².